The molecule has 0 aliphatic carbocycles. The summed E-state index contributed by atoms with van der Waals surface area (Å²) >= 11 is 0. The molecule has 0 heterocycles. The second-order valence-electron chi connectivity index (χ2n) is 5.90. The minimum Gasteiger partial charge on any atom is -0.271 e. The number of hydrogen-bond donors (Lipinski definition) is 1. The average molecular weight is 377 g/mol. The summed E-state index contributed by atoms with van der Waals surface area (Å²) in [5, 5.41) is 3.77. The number of sulfonamides is 1. The first-order chi connectivity index (χ1) is 12.2. The Labute approximate surface area is 152 Å². The van der Waals surface area contributed by atoms with E-state index in [0.717, 1.165) is 21.7 Å². The Hall–Kier alpha value is -2.74. The second kappa shape index (κ2) is 8.09. The first kappa shape index (κ1) is 19.6. The Bertz CT molecular complexity index is 925. The Kier molecular flexibility index (Phi) is 6.10. The number of carbonyl (C=O) groups is 1. The number of benzene rings is 2. The lowest BCUT2D eigenvalue weighted by molar-refractivity contribution is -0.119. The van der Waals surface area contributed by atoms with Crippen LogP contribution >= 0.6 is 0 Å². The van der Waals surface area contributed by atoms with Crippen LogP contribution in [0.5, 0.6) is 0 Å². The van der Waals surface area contributed by atoms with E-state index in [2.05, 4.69) is 10.5 Å². The van der Waals surface area contributed by atoms with Crippen molar-refractivity contribution in [3.63, 3.8) is 0 Å². The molecule has 1 N–H and O–H groups in total. The summed E-state index contributed by atoms with van der Waals surface area (Å²) in [6.45, 7) is 3.22. The maximum atomic E-state index is 12.8. The molecule has 8 heteroatoms. The van der Waals surface area contributed by atoms with Crippen molar-refractivity contribution in [3.05, 3.63) is 65.0 Å². The Morgan fingerprint density at radius 2 is 1.85 bits per heavy atom. The minimum atomic E-state index is -3.66. The maximum absolute atomic E-state index is 12.8. The van der Waals surface area contributed by atoms with Crippen molar-refractivity contribution in [1.29, 1.82) is 0 Å². The van der Waals surface area contributed by atoms with Crippen molar-refractivity contribution in [3.8, 4) is 0 Å². The van der Waals surface area contributed by atoms with E-state index in [1.54, 1.807) is 19.1 Å². The number of aryl methyl sites for hydroxylation is 2. The van der Waals surface area contributed by atoms with Crippen LogP contribution in [0.1, 0.15) is 16.7 Å². The molecule has 0 bridgehead atoms. The maximum Gasteiger partial charge on any atom is 0.260 e. The molecule has 0 aliphatic rings. The SMILES string of the molecule is Cc1ccc(C)c(N(CC(=O)N/N=C\c2ccc(F)cc2)S(C)(=O)=O)c1. The molecule has 0 radical (unpaired) electrons. The number of amides is 1. The van der Waals surface area contributed by atoms with Crippen molar-refractivity contribution in [1.82, 2.24) is 5.43 Å². The fourth-order valence-electron chi connectivity index (χ4n) is 2.26. The van der Waals surface area contributed by atoms with E-state index in [0.29, 0.717) is 11.3 Å². The molecule has 1 amide bonds. The van der Waals surface area contributed by atoms with E-state index >= 15 is 0 Å². The molecule has 138 valence electrons. The molecule has 2 aromatic rings. The Morgan fingerprint density at radius 3 is 2.46 bits per heavy atom. The van der Waals surface area contributed by atoms with Gasteiger partial charge in [0.2, 0.25) is 10.0 Å². The van der Waals surface area contributed by atoms with Crippen LogP contribution in [0.15, 0.2) is 47.6 Å². The van der Waals surface area contributed by atoms with Crippen LogP contribution in [-0.4, -0.2) is 33.3 Å². The molecule has 26 heavy (non-hydrogen) atoms. The van der Waals surface area contributed by atoms with Crippen molar-refractivity contribution in [2.45, 2.75) is 13.8 Å². The van der Waals surface area contributed by atoms with Gasteiger partial charge in [-0.1, -0.05) is 24.3 Å². The van der Waals surface area contributed by atoms with Crippen molar-refractivity contribution in [2.24, 2.45) is 5.10 Å². The van der Waals surface area contributed by atoms with E-state index in [1.807, 2.05) is 13.0 Å². The largest absolute Gasteiger partial charge is 0.271 e. The van der Waals surface area contributed by atoms with E-state index in [4.69, 9.17) is 0 Å². The fraction of sp³-hybridized carbons (Fsp3) is 0.222. The summed E-state index contributed by atoms with van der Waals surface area (Å²) in [4.78, 5) is 12.1. The molecule has 0 saturated heterocycles. The van der Waals surface area contributed by atoms with Gasteiger partial charge in [0.1, 0.15) is 12.4 Å². The summed E-state index contributed by atoms with van der Waals surface area (Å²) in [5.74, 6) is -0.960. The van der Waals surface area contributed by atoms with Crippen LogP contribution in [0, 0.1) is 19.7 Å². The van der Waals surface area contributed by atoms with E-state index in [-0.39, 0.29) is 5.82 Å². The normalized spacial score (nSPS) is 11.5. The van der Waals surface area contributed by atoms with Gasteiger partial charge >= 0.3 is 0 Å². The molecule has 0 unspecified atom stereocenters. The van der Waals surface area contributed by atoms with Gasteiger partial charge in [0.05, 0.1) is 18.2 Å². The highest BCUT2D eigenvalue weighted by Crippen LogP contribution is 2.23. The van der Waals surface area contributed by atoms with E-state index in [1.165, 1.54) is 30.5 Å². The number of nitrogens with zero attached hydrogens (tertiary/aromatic N) is 2. The van der Waals surface area contributed by atoms with Crippen molar-refractivity contribution in [2.75, 3.05) is 17.1 Å². The van der Waals surface area contributed by atoms with Gasteiger partial charge in [-0.3, -0.25) is 9.10 Å². The first-order valence-corrected chi connectivity index (χ1v) is 9.64. The summed E-state index contributed by atoms with van der Waals surface area (Å²) < 4.78 is 38.1. The van der Waals surface area contributed by atoms with Crippen molar-refractivity contribution < 1.29 is 17.6 Å². The van der Waals surface area contributed by atoms with E-state index < -0.39 is 22.5 Å². The molecule has 0 aliphatic heterocycles. The second-order valence-corrected chi connectivity index (χ2v) is 7.81. The molecular weight excluding hydrogens is 357 g/mol. The smallest absolute Gasteiger partial charge is 0.260 e. The monoisotopic (exact) mass is 377 g/mol. The third kappa shape index (κ3) is 5.38. The Balaban J connectivity index is 2.12. The van der Waals surface area contributed by atoms with Crippen LogP contribution in [0.2, 0.25) is 0 Å². The summed E-state index contributed by atoms with van der Waals surface area (Å²) in [5.41, 5.74) is 4.95. The Morgan fingerprint density at radius 1 is 1.19 bits per heavy atom. The number of halogens is 1. The van der Waals surface area contributed by atoms with Crippen molar-refractivity contribution >= 4 is 27.8 Å². The van der Waals surface area contributed by atoms with Crippen LogP contribution in [0.25, 0.3) is 0 Å². The van der Waals surface area contributed by atoms with Gasteiger partial charge < -0.3 is 0 Å². The lowest BCUT2D eigenvalue weighted by Crippen LogP contribution is -2.39. The van der Waals surface area contributed by atoms with Crippen LogP contribution in [0.3, 0.4) is 0 Å². The highest BCUT2D eigenvalue weighted by molar-refractivity contribution is 7.92. The number of anilines is 1. The number of rotatable bonds is 6. The molecular formula is C18H20FN3O3S. The molecule has 2 aromatic carbocycles. The van der Waals surface area contributed by atoms with Gasteiger partial charge in [0, 0.05) is 0 Å². The van der Waals surface area contributed by atoms with Crippen LogP contribution < -0.4 is 9.73 Å². The summed E-state index contributed by atoms with van der Waals surface area (Å²) in [6, 6.07) is 10.9. The zero-order valence-corrected chi connectivity index (χ0v) is 15.5. The number of carbonyl (C=O) groups excluding carboxylic acids is 1. The predicted octanol–water partition coefficient (Wildman–Crippen LogP) is 2.36. The first-order valence-electron chi connectivity index (χ1n) is 7.79. The topological polar surface area (TPSA) is 78.8 Å². The molecule has 0 saturated carbocycles. The zero-order valence-electron chi connectivity index (χ0n) is 14.7. The standard InChI is InChI=1S/C18H20FN3O3S/c1-13-4-5-14(2)17(10-13)22(26(3,24)25)12-18(23)21-20-11-15-6-8-16(19)9-7-15/h4-11H,12H2,1-3H3,(H,21,23)/b20-11-. The lowest BCUT2D eigenvalue weighted by atomic mass is 10.1. The van der Waals surface area contributed by atoms with Crippen LogP contribution in [0.4, 0.5) is 10.1 Å². The molecule has 0 spiro atoms. The fourth-order valence-corrected chi connectivity index (χ4v) is 3.17. The molecule has 6 nitrogen and oxygen atoms in total. The number of hydrazone groups is 1. The summed E-state index contributed by atoms with van der Waals surface area (Å²) in [6.07, 6.45) is 2.39. The summed E-state index contributed by atoms with van der Waals surface area (Å²) in [7, 11) is -3.66. The van der Waals surface area contributed by atoms with Gasteiger partial charge in [-0.25, -0.2) is 18.2 Å². The molecule has 2 rings (SSSR count). The highest BCUT2D eigenvalue weighted by Gasteiger charge is 2.22. The molecule has 0 aromatic heterocycles. The minimum absolute atomic E-state index is 0.372. The molecule has 0 fully saturated rings. The van der Waals surface area contributed by atoms with Crippen LogP contribution in [-0.2, 0) is 14.8 Å². The lowest BCUT2D eigenvalue weighted by Gasteiger charge is -2.23. The molecule has 0 atom stereocenters. The highest BCUT2D eigenvalue weighted by atomic mass is 32.2. The van der Waals surface area contributed by atoms with Gasteiger partial charge in [0.25, 0.3) is 5.91 Å². The quantitative estimate of drug-likeness (QED) is 0.620. The predicted molar refractivity (Wildman–Crippen MR) is 100 cm³/mol. The average Bonchev–Trinajstić information content (AvgIpc) is 2.56. The van der Waals surface area contributed by atoms with Gasteiger partial charge in [0.15, 0.2) is 0 Å². The van der Waals surface area contributed by atoms with Gasteiger partial charge in [-0.15, -0.1) is 0 Å². The van der Waals surface area contributed by atoms with E-state index in [9.17, 15) is 17.6 Å². The zero-order chi connectivity index (χ0) is 19.3. The van der Waals surface area contributed by atoms with Gasteiger partial charge in [-0.05, 0) is 48.7 Å². The third-order valence-corrected chi connectivity index (χ3v) is 4.72. The van der Waals surface area contributed by atoms with Gasteiger partial charge in [-0.2, -0.15) is 5.10 Å². The number of nitrogens with one attached hydrogen (secondary N) is 1. The third-order valence-electron chi connectivity index (χ3n) is 3.59. The number of hydrogen-bond acceptors (Lipinski definition) is 4.